The summed E-state index contributed by atoms with van der Waals surface area (Å²) in [5.41, 5.74) is 0.863. The van der Waals surface area contributed by atoms with Crippen LogP contribution in [0.2, 0.25) is 11.6 Å². The summed E-state index contributed by atoms with van der Waals surface area (Å²) in [4.78, 5) is 0. The summed E-state index contributed by atoms with van der Waals surface area (Å²) in [6.07, 6.45) is 11.9. The summed E-state index contributed by atoms with van der Waals surface area (Å²) < 4.78 is 0. The van der Waals surface area contributed by atoms with Gasteiger partial charge >= 0.3 is 0 Å². The Balaban J connectivity index is 1.84. The molecular formula is C10H18BBr. The van der Waals surface area contributed by atoms with Crippen LogP contribution in [0.15, 0.2) is 0 Å². The van der Waals surface area contributed by atoms with Crippen LogP contribution in [0.4, 0.5) is 0 Å². The van der Waals surface area contributed by atoms with Crippen molar-refractivity contribution in [1.82, 2.24) is 0 Å². The first-order chi connectivity index (χ1) is 5.88. The molecule has 0 atom stereocenters. The molecule has 0 saturated heterocycles. The highest BCUT2D eigenvalue weighted by atomic mass is 79.9. The third-order valence-electron chi connectivity index (χ3n) is 3.70. The fourth-order valence-corrected chi connectivity index (χ4v) is 3.99. The van der Waals surface area contributed by atoms with Gasteiger partial charge in [-0.25, -0.2) is 0 Å². The summed E-state index contributed by atoms with van der Waals surface area (Å²) in [5, 5.41) is 0. The normalized spacial score (nSPS) is 26.8. The lowest BCUT2D eigenvalue weighted by molar-refractivity contribution is 0.792. The maximum absolute atomic E-state index is 3.93. The van der Waals surface area contributed by atoms with Crippen LogP contribution in [0, 0.1) is 0 Å². The molecule has 0 aromatic heterocycles. The molecular weight excluding hydrogens is 211 g/mol. The Kier molecular flexibility index (Phi) is 3.17. The van der Waals surface area contributed by atoms with E-state index in [9.17, 15) is 0 Å². The third-order valence-corrected chi connectivity index (χ3v) is 5.20. The Morgan fingerprint density at radius 2 is 1.08 bits per heavy atom. The van der Waals surface area contributed by atoms with Crippen LogP contribution in [0.3, 0.4) is 0 Å². The quantitative estimate of drug-likeness (QED) is 0.620. The third kappa shape index (κ3) is 1.89. The maximum Gasteiger partial charge on any atom is 0.229 e. The summed E-state index contributed by atoms with van der Waals surface area (Å²) >= 11 is 3.93. The second kappa shape index (κ2) is 4.17. The van der Waals surface area contributed by atoms with Gasteiger partial charge in [0.2, 0.25) is 5.54 Å². The van der Waals surface area contributed by atoms with Crippen LogP contribution in [0.25, 0.3) is 0 Å². The monoisotopic (exact) mass is 228 g/mol. The molecule has 2 aliphatic carbocycles. The first kappa shape index (κ1) is 9.11. The Morgan fingerprint density at radius 3 is 1.42 bits per heavy atom. The molecule has 0 aliphatic heterocycles. The first-order valence-electron chi connectivity index (χ1n) is 5.52. The zero-order valence-electron chi connectivity index (χ0n) is 7.77. The van der Waals surface area contributed by atoms with E-state index in [1.165, 1.54) is 51.4 Å². The minimum Gasteiger partial charge on any atom is -0.156 e. The van der Waals surface area contributed by atoms with Crippen LogP contribution in [-0.2, 0) is 0 Å². The molecule has 2 rings (SSSR count). The first-order valence-corrected chi connectivity index (χ1v) is 6.43. The molecule has 0 nitrogen and oxygen atoms in total. The molecule has 2 fully saturated rings. The van der Waals surface area contributed by atoms with Crippen LogP contribution in [0.1, 0.15) is 51.4 Å². The van der Waals surface area contributed by atoms with E-state index in [4.69, 9.17) is 0 Å². The van der Waals surface area contributed by atoms with Crippen molar-refractivity contribution in [3.8, 4) is 0 Å². The molecule has 2 aliphatic rings. The van der Waals surface area contributed by atoms with Gasteiger partial charge in [0.25, 0.3) is 0 Å². The molecule has 68 valence electrons. The lowest BCUT2D eigenvalue weighted by Gasteiger charge is -2.19. The van der Waals surface area contributed by atoms with E-state index in [0.29, 0.717) is 0 Å². The summed E-state index contributed by atoms with van der Waals surface area (Å²) in [7, 11) is 0. The van der Waals surface area contributed by atoms with Crippen LogP contribution < -0.4 is 0 Å². The minimum atomic E-state index is 0.863. The smallest absolute Gasteiger partial charge is 0.156 e. The highest BCUT2D eigenvalue weighted by Gasteiger charge is 2.34. The van der Waals surface area contributed by atoms with Crippen LogP contribution in [-0.4, -0.2) is 5.54 Å². The second-order valence-electron chi connectivity index (χ2n) is 4.53. The van der Waals surface area contributed by atoms with Crippen molar-refractivity contribution in [3.63, 3.8) is 0 Å². The van der Waals surface area contributed by atoms with Crippen molar-refractivity contribution in [3.05, 3.63) is 0 Å². The lowest BCUT2D eigenvalue weighted by atomic mass is 9.53. The van der Waals surface area contributed by atoms with E-state index in [0.717, 1.165) is 17.2 Å². The van der Waals surface area contributed by atoms with Gasteiger partial charge in [0, 0.05) is 0 Å². The zero-order valence-corrected chi connectivity index (χ0v) is 9.35. The predicted octanol–water partition coefficient (Wildman–Crippen LogP) is 4.26. The Morgan fingerprint density at radius 1 is 0.750 bits per heavy atom. The van der Waals surface area contributed by atoms with Gasteiger partial charge in [0.15, 0.2) is 0 Å². The molecule has 0 unspecified atom stereocenters. The average molecular weight is 229 g/mol. The molecule has 2 saturated carbocycles. The van der Waals surface area contributed by atoms with Crippen LogP contribution in [0.5, 0.6) is 0 Å². The summed E-state index contributed by atoms with van der Waals surface area (Å²) in [6.45, 7) is 0. The maximum atomic E-state index is 3.93. The van der Waals surface area contributed by atoms with Gasteiger partial charge in [0.1, 0.15) is 0 Å². The molecule has 0 heterocycles. The fourth-order valence-electron chi connectivity index (χ4n) is 2.94. The summed E-state index contributed by atoms with van der Waals surface area (Å²) in [5.74, 6) is 2.04. The molecule has 0 bridgehead atoms. The lowest BCUT2D eigenvalue weighted by Crippen LogP contribution is -2.16. The highest BCUT2D eigenvalue weighted by Crippen LogP contribution is 2.45. The van der Waals surface area contributed by atoms with Gasteiger partial charge < -0.3 is 0 Å². The topological polar surface area (TPSA) is 0 Å². The number of halogens is 1. The molecule has 0 aromatic rings. The molecule has 2 heteroatoms. The highest BCUT2D eigenvalue weighted by molar-refractivity contribution is 9.24. The van der Waals surface area contributed by atoms with Gasteiger partial charge in [-0.3, -0.25) is 0 Å². The van der Waals surface area contributed by atoms with Crippen molar-refractivity contribution >= 4 is 21.3 Å². The van der Waals surface area contributed by atoms with E-state index in [1.807, 2.05) is 0 Å². The number of hydrogen-bond acceptors (Lipinski definition) is 0. The van der Waals surface area contributed by atoms with Crippen molar-refractivity contribution < 1.29 is 0 Å². The van der Waals surface area contributed by atoms with E-state index >= 15 is 0 Å². The second-order valence-corrected chi connectivity index (χ2v) is 5.59. The zero-order chi connectivity index (χ0) is 8.39. The van der Waals surface area contributed by atoms with Crippen molar-refractivity contribution in [2.24, 2.45) is 0 Å². The predicted molar refractivity (Wildman–Crippen MR) is 59.1 cm³/mol. The Hall–Kier alpha value is 0.545. The van der Waals surface area contributed by atoms with E-state index in [2.05, 4.69) is 15.8 Å². The largest absolute Gasteiger partial charge is 0.229 e. The molecule has 0 aromatic carbocycles. The van der Waals surface area contributed by atoms with Crippen LogP contribution >= 0.6 is 15.8 Å². The molecule has 0 radical (unpaired) electrons. The van der Waals surface area contributed by atoms with Crippen molar-refractivity contribution in [1.29, 1.82) is 0 Å². The minimum absolute atomic E-state index is 0.863. The number of hydrogen-bond donors (Lipinski definition) is 0. The molecule has 12 heavy (non-hydrogen) atoms. The SMILES string of the molecule is BrB(C1CCCC1)C1CCCC1. The van der Waals surface area contributed by atoms with Gasteiger partial charge in [-0.15, -0.1) is 0 Å². The average Bonchev–Trinajstić information content (AvgIpc) is 2.77. The molecule has 0 N–H and O–H groups in total. The Labute approximate surface area is 84.5 Å². The Bertz CT molecular complexity index is 121. The van der Waals surface area contributed by atoms with Gasteiger partial charge in [-0.1, -0.05) is 63.0 Å². The molecule has 0 amide bonds. The van der Waals surface area contributed by atoms with Crippen molar-refractivity contribution in [2.75, 3.05) is 0 Å². The van der Waals surface area contributed by atoms with E-state index in [1.54, 1.807) is 0 Å². The standard InChI is InChI=1S/C10H18BBr/c12-11(9-5-1-2-6-9)10-7-3-4-8-10/h9-10H,1-8H2. The van der Waals surface area contributed by atoms with Gasteiger partial charge in [-0.05, 0) is 0 Å². The van der Waals surface area contributed by atoms with E-state index in [-0.39, 0.29) is 0 Å². The summed E-state index contributed by atoms with van der Waals surface area (Å²) in [6, 6.07) is 0. The van der Waals surface area contributed by atoms with Crippen molar-refractivity contribution in [2.45, 2.75) is 63.0 Å². The van der Waals surface area contributed by atoms with E-state index < -0.39 is 0 Å². The van der Waals surface area contributed by atoms with Gasteiger partial charge in [0.05, 0.1) is 0 Å². The fraction of sp³-hybridized carbons (Fsp3) is 1.00. The number of rotatable bonds is 2. The van der Waals surface area contributed by atoms with Gasteiger partial charge in [-0.2, -0.15) is 15.8 Å². The molecule has 0 spiro atoms.